The van der Waals surface area contributed by atoms with E-state index in [9.17, 15) is 0 Å². The smallest absolute Gasteiger partial charge is 0.116 e. The lowest BCUT2D eigenvalue weighted by molar-refractivity contribution is 1.42. The Labute approximate surface area is 68.5 Å². The van der Waals surface area contributed by atoms with Crippen molar-refractivity contribution < 1.29 is 0 Å². The number of hydrogen-bond acceptors (Lipinski definition) is 3. The minimum absolute atomic E-state index is 0.940. The Hall–Kier alpha value is -1.77. The zero-order valence-corrected chi connectivity index (χ0v) is 6.23. The van der Waals surface area contributed by atoms with E-state index in [0.29, 0.717) is 0 Å². The van der Waals surface area contributed by atoms with Crippen molar-refractivity contribution in [1.82, 2.24) is 0 Å². The number of hydrogen-bond donors (Lipinski definition) is 0. The molecular formula is C9H5N3. The molecular weight excluding hydrogens is 150 g/mol. The number of nitrogens with zero attached hydrogens (tertiary/aromatic N) is 3. The summed E-state index contributed by atoms with van der Waals surface area (Å²) < 4.78 is 0. The molecule has 0 aromatic heterocycles. The first-order valence-electron chi connectivity index (χ1n) is 3.72. The lowest BCUT2D eigenvalue weighted by Gasteiger charge is -1.93. The van der Waals surface area contributed by atoms with E-state index in [1.165, 1.54) is 0 Å². The maximum absolute atomic E-state index is 4.17. The van der Waals surface area contributed by atoms with Gasteiger partial charge in [-0.05, 0) is 6.07 Å². The molecule has 0 spiro atoms. The molecule has 0 fully saturated rings. The molecule has 0 unspecified atom stereocenters. The molecule has 0 atom stereocenters. The van der Waals surface area contributed by atoms with E-state index in [1.54, 1.807) is 6.34 Å². The second-order valence-electron chi connectivity index (χ2n) is 2.72. The maximum atomic E-state index is 4.17. The van der Waals surface area contributed by atoms with Gasteiger partial charge in [-0.3, -0.25) is 4.99 Å². The Balaban J connectivity index is 2.57. The van der Waals surface area contributed by atoms with Crippen molar-refractivity contribution in [3.05, 3.63) is 28.3 Å². The van der Waals surface area contributed by atoms with Crippen LogP contribution in [0.1, 0.15) is 5.56 Å². The van der Waals surface area contributed by atoms with Crippen molar-refractivity contribution >= 4 is 24.4 Å². The molecule has 0 amide bonds. The highest BCUT2D eigenvalue weighted by Gasteiger charge is 2.08. The predicted molar refractivity (Wildman–Crippen MR) is 47.4 cm³/mol. The topological polar surface area (TPSA) is 37.1 Å². The van der Waals surface area contributed by atoms with Gasteiger partial charge in [0, 0.05) is 23.2 Å². The van der Waals surface area contributed by atoms with Gasteiger partial charge in [0.2, 0.25) is 0 Å². The van der Waals surface area contributed by atoms with Crippen LogP contribution in [-0.2, 0) is 0 Å². The fourth-order valence-corrected chi connectivity index (χ4v) is 1.44. The molecule has 0 saturated heterocycles. The molecule has 12 heavy (non-hydrogen) atoms. The van der Waals surface area contributed by atoms with Crippen LogP contribution in [0.4, 0.5) is 5.69 Å². The van der Waals surface area contributed by atoms with Crippen molar-refractivity contribution in [3.63, 3.8) is 0 Å². The van der Waals surface area contributed by atoms with Crippen LogP contribution in [-0.4, -0.2) is 12.6 Å². The molecule has 0 aliphatic carbocycles. The number of aliphatic imine (C=N–C) groups is 2. The van der Waals surface area contributed by atoms with E-state index in [1.807, 2.05) is 24.5 Å². The lowest BCUT2D eigenvalue weighted by Crippen LogP contribution is -2.11. The summed E-state index contributed by atoms with van der Waals surface area (Å²) in [7, 11) is 0. The predicted octanol–water partition coefficient (Wildman–Crippen LogP) is 0.150. The van der Waals surface area contributed by atoms with E-state index >= 15 is 0 Å². The first kappa shape index (κ1) is 5.83. The van der Waals surface area contributed by atoms with Crippen molar-refractivity contribution in [2.24, 2.45) is 15.0 Å². The van der Waals surface area contributed by atoms with Crippen LogP contribution < -0.4 is 10.6 Å². The second-order valence-corrected chi connectivity index (χ2v) is 2.72. The van der Waals surface area contributed by atoms with Gasteiger partial charge in [-0.15, -0.1) is 0 Å². The van der Waals surface area contributed by atoms with Crippen molar-refractivity contribution in [3.8, 4) is 0 Å². The molecule has 1 aromatic rings. The molecule has 0 saturated carbocycles. The van der Waals surface area contributed by atoms with E-state index in [4.69, 9.17) is 0 Å². The zero-order chi connectivity index (χ0) is 7.97. The highest BCUT2D eigenvalue weighted by atomic mass is 14.9. The molecule has 2 aliphatic heterocycles. The third kappa shape index (κ3) is 0.580. The second kappa shape index (κ2) is 1.88. The van der Waals surface area contributed by atoms with Crippen LogP contribution in [0.3, 0.4) is 0 Å². The van der Waals surface area contributed by atoms with Crippen LogP contribution in [0.15, 0.2) is 27.1 Å². The fraction of sp³-hybridized carbons (Fsp3) is 0. The summed E-state index contributed by atoms with van der Waals surface area (Å²) in [4.78, 5) is 12.3. The Bertz CT molecular complexity index is 474. The number of benzene rings is 1. The molecule has 2 aliphatic rings. The Kier molecular flexibility index (Phi) is 0.913. The summed E-state index contributed by atoms with van der Waals surface area (Å²) in [5.41, 5.74) is 2.04. The van der Waals surface area contributed by atoms with Crippen LogP contribution in [0.25, 0.3) is 6.20 Å². The largest absolute Gasteiger partial charge is 0.263 e. The first-order valence-corrected chi connectivity index (χ1v) is 3.72. The van der Waals surface area contributed by atoms with E-state index in [0.717, 1.165) is 21.8 Å². The molecule has 0 N–H and O–H groups in total. The van der Waals surface area contributed by atoms with Gasteiger partial charge in [0.25, 0.3) is 0 Å². The fourth-order valence-electron chi connectivity index (χ4n) is 1.44. The van der Waals surface area contributed by atoms with Crippen LogP contribution in [0.5, 0.6) is 0 Å². The van der Waals surface area contributed by atoms with Gasteiger partial charge in [-0.1, -0.05) is 6.07 Å². The third-order valence-electron chi connectivity index (χ3n) is 2.03. The van der Waals surface area contributed by atoms with Gasteiger partial charge < -0.3 is 0 Å². The number of fused-ring (bicyclic) bond motifs is 3. The molecule has 0 bridgehead atoms. The summed E-state index contributed by atoms with van der Waals surface area (Å²) in [5.74, 6) is 0. The highest BCUT2D eigenvalue weighted by Crippen LogP contribution is 2.11. The summed E-state index contributed by atoms with van der Waals surface area (Å²) in [6.07, 6.45) is 5.24. The average Bonchev–Trinajstić information content (AvgIpc) is 2.71. The summed E-state index contributed by atoms with van der Waals surface area (Å²) in [5, 5.41) is 2.07. The average molecular weight is 155 g/mol. The molecule has 1 aromatic carbocycles. The van der Waals surface area contributed by atoms with Gasteiger partial charge in [0.05, 0.1) is 11.0 Å². The molecule has 3 heteroatoms. The summed E-state index contributed by atoms with van der Waals surface area (Å²) in [6.45, 7) is 0. The van der Waals surface area contributed by atoms with E-state index in [-0.39, 0.29) is 0 Å². The van der Waals surface area contributed by atoms with E-state index in [2.05, 4.69) is 15.0 Å². The lowest BCUT2D eigenvalue weighted by atomic mass is 10.1. The molecule has 56 valence electrons. The van der Waals surface area contributed by atoms with Gasteiger partial charge in [0.1, 0.15) is 6.34 Å². The Morgan fingerprint density at radius 3 is 3.17 bits per heavy atom. The van der Waals surface area contributed by atoms with Crippen LogP contribution in [0.2, 0.25) is 0 Å². The van der Waals surface area contributed by atoms with Crippen molar-refractivity contribution in [2.45, 2.75) is 0 Å². The van der Waals surface area contributed by atoms with Gasteiger partial charge in [0.15, 0.2) is 0 Å². The van der Waals surface area contributed by atoms with Crippen molar-refractivity contribution in [2.75, 3.05) is 0 Å². The molecule has 3 nitrogen and oxygen atoms in total. The Morgan fingerprint density at radius 2 is 2.17 bits per heavy atom. The SMILES string of the molecule is C1=NC=c2ccc3c(c21)N=CN=3. The minimum Gasteiger partial charge on any atom is -0.263 e. The third-order valence-corrected chi connectivity index (χ3v) is 2.03. The van der Waals surface area contributed by atoms with Gasteiger partial charge >= 0.3 is 0 Å². The Morgan fingerprint density at radius 1 is 1.17 bits per heavy atom. The highest BCUT2D eigenvalue weighted by molar-refractivity contribution is 5.93. The minimum atomic E-state index is 0.940. The molecule has 3 rings (SSSR count). The normalized spacial score (nSPS) is 15.3. The first-order chi connectivity index (χ1) is 5.95. The van der Waals surface area contributed by atoms with Crippen molar-refractivity contribution in [1.29, 1.82) is 0 Å². The molecule has 2 heterocycles. The standard InChI is InChI=1S/C9H5N3/c1-2-8-9(12-5-11-8)7-4-10-3-6(1)7/h1-5H. The van der Waals surface area contributed by atoms with Gasteiger partial charge in [-0.25, -0.2) is 9.98 Å². The number of rotatable bonds is 0. The quantitative estimate of drug-likeness (QED) is 0.511. The van der Waals surface area contributed by atoms with Crippen LogP contribution >= 0.6 is 0 Å². The zero-order valence-electron chi connectivity index (χ0n) is 6.23. The van der Waals surface area contributed by atoms with E-state index < -0.39 is 0 Å². The molecule has 0 radical (unpaired) electrons. The van der Waals surface area contributed by atoms with Crippen LogP contribution in [0, 0.1) is 0 Å². The summed E-state index contributed by atoms with van der Waals surface area (Å²) in [6, 6.07) is 3.98. The maximum Gasteiger partial charge on any atom is 0.116 e. The monoisotopic (exact) mass is 155 g/mol. The van der Waals surface area contributed by atoms with Gasteiger partial charge in [-0.2, -0.15) is 0 Å². The summed E-state index contributed by atoms with van der Waals surface area (Å²) >= 11 is 0.